The Morgan fingerprint density at radius 3 is 2.59 bits per heavy atom. The fourth-order valence-electron chi connectivity index (χ4n) is 3.62. The lowest BCUT2D eigenvalue weighted by Crippen LogP contribution is -2.60. The molecule has 7 nitrogen and oxygen atoms in total. The predicted molar refractivity (Wildman–Crippen MR) is 102 cm³/mol. The minimum atomic E-state index is -2.82. The average Bonchev–Trinajstić information content (AvgIpc) is 2.61. The van der Waals surface area contributed by atoms with Gasteiger partial charge in [0.1, 0.15) is 12.4 Å². The van der Waals surface area contributed by atoms with Crippen LogP contribution in [0.4, 0.5) is 4.39 Å². The maximum Gasteiger partial charge on any atom is 0.242 e. The molecular formula is C18H26FN3O4S. The lowest BCUT2D eigenvalue weighted by molar-refractivity contribution is -0.148. The van der Waals surface area contributed by atoms with Crippen molar-refractivity contribution < 1.29 is 23.1 Å². The molecule has 1 aromatic carbocycles. The summed E-state index contributed by atoms with van der Waals surface area (Å²) in [6, 6.07) is 5.66. The average molecular weight is 399 g/mol. The van der Waals surface area contributed by atoms with Crippen LogP contribution in [0.5, 0.6) is 0 Å². The zero-order valence-corrected chi connectivity index (χ0v) is 16.2. The molecule has 150 valence electrons. The largest absolute Gasteiger partial charge is 0.335 e. The highest BCUT2D eigenvalue weighted by Gasteiger charge is 2.37. The lowest BCUT2D eigenvalue weighted by Gasteiger charge is -2.50. The molecule has 3 rings (SSSR count). The van der Waals surface area contributed by atoms with Gasteiger partial charge in [-0.1, -0.05) is 12.1 Å². The van der Waals surface area contributed by atoms with E-state index in [-0.39, 0.29) is 30.2 Å². The van der Waals surface area contributed by atoms with Gasteiger partial charge in [0.25, 0.3) is 0 Å². The molecule has 2 heterocycles. The van der Waals surface area contributed by atoms with E-state index in [4.69, 9.17) is 0 Å². The summed E-state index contributed by atoms with van der Waals surface area (Å²) in [6.45, 7) is 2.91. The van der Waals surface area contributed by atoms with Crippen molar-refractivity contribution in [2.24, 2.45) is 0 Å². The zero-order valence-electron chi connectivity index (χ0n) is 15.4. The van der Waals surface area contributed by atoms with Crippen molar-refractivity contribution in [3.05, 3.63) is 35.6 Å². The molecule has 0 saturated carbocycles. The molecule has 1 aromatic rings. The molecule has 0 radical (unpaired) electrons. The molecule has 2 saturated heterocycles. The van der Waals surface area contributed by atoms with Crippen LogP contribution in [-0.4, -0.2) is 73.0 Å². The summed E-state index contributed by atoms with van der Waals surface area (Å²) in [5.74, 6) is -0.364. The summed E-state index contributed by atoms with van der Waals surface area (Å²) in [5, 5.41) is 0. The van der Waals surface area contributed by atoms with Crippen molar-refractivity contribution >= 4 is 22.6 Å². The zero-order chi connectivity index (χ0) is 19.6. The predicted octanol–water partition coefficient (Wildman–Crippen LogP) is 2.15. The van der Waals surface area contributed by atoms with Crippen LogP contribution in [0.15, 0.2) is 24.3 Å². The number of carbonyl (C=O) groups is 2. The molecule has 2 aliphatic heterocycles. The summed E-state index contributed by atoms with van der Waals surface area (Å²) in [5.41, 5.74) is 0.807. The van der Waals surface area contributed by atoms with E-state index in [1.807, 2.05) is 0 Å². The Labute approximate surface area is 160 Å². The molecule has 2 amide bonds. The van der Waals surface area contributed by atoms with Crippen molar-refractivity contribution in [1.82, 2.24) is 14.1 Å². The Balaban J connectivity index is 1.74. The van der Waals surface area contributed by atoms with E-state index in [1.165, 1.54) is 24.0 Å². The standard InChI is InChI=1S/C18H26FN3O4S/c1-14(23)22-13-18(24)20(10-15-4-6-16(19)7-5-15)11-17(22)12-21-8-2-3-9-27(21,25)26/h4-7,17,25-26H,2-3,8-13H2,1H3. The second-order valence-electron chi connectivity index (χ2n) is 7.13. The Morgan fingerprint density at radius 2 is 1.96 bits per heavy atom. The van der Waals surface area contributed by atoms with Crippen LogP contribution in [-0.2, 0) is 16.1 Å². The third kappa shape index (κ3) is 4.78. The highest BCUT2D eigenvalue weighted by Crippen LogP contribution is 2.47. The van der Waals surface area contributed by atoms with E-state index in [0.29, 0.717) is 31.9 Å². The van der Waals surface area contributed by atoms with Gasteiger partial charge in [0.2, 0.25) is 11.8 Å². The van der Waals surface area contributed by atoms with E-state index in [1.54, 1.807) is 21.3 Å². The molecular weight excluding hydrogens is 373 g/mol. The molecule has 1 atom stereocenters. The maximum atomic E-state index is 13.1. The highest BCUT2D eigenvalue weighted by molar-refractivity contribution is 8.22. The number of hydrogen-bond donors (Lipinski definition) is 2. The molecule has 0 aromatic heterocycles. The molecule has 0 spiro atoms. The van der Waals surface area contributed by atoms with Crippen LogP contribution in [0.1, 0.15) is 25.3 Å². The first-order valence-electron chi connectivity index (χ1n) is 9.07. The normalized spacial score (nSPS) is 24.7. The molecule has 27 heavy (non-hydrogen) atoms. The third-order valence-corrected chi connectivity index (χ3v) is 7.12. The Hall–Kier alpha value is -1.68. The number of piperazine rings is 1. The van der Waals surface area contributed by atoms with E-state index < -0.39 is 10.8 Å². The topological polar surface area (TPSA) is 84.3 Å². The van der Waals surface area contributed by atoms with Gasteiger partial charge in [0.15, 0.2) is 0 Å². The van der Waals surface area contributed by atoms with Crippen LogP contribution in [0.25, 0.3) is 0 Å². The minimum Gasteiger partial charge on any atom is -0.335 e. The van der Waals surface area contributed by atoms with Crippen LogP contribution in [0, 0.1) is 5.82 Å². The van der Waals surface area contributed by atoms with Gasteiger partial charge >= 0.3 is 0 Å². The number of amides is 2. The van der Waals surface area contributed by atoms with E-state index in [2.05, 4.69) is 0 Å². The minimum absolute atomic E-state index is 0.0335. The molecule has 9 heteroatoms. The first-order chi connectivity index (χ1) is 12.8. The quantitative estimate of drug-likeness (QED) is 0.811. The van der Waals surface area contributed by atoms with Crippen LogP contribution in [0.3, 0.4) is 0 Å². The Morgan fingerprint density at radius 1 is 1.26 bits per heavy atom. The smallest absolute Gasteiger partial charge is 0.242 e. The highest BCUT2D eigenvalue weighted by atomic mass is 32.3. The monoisotopic (exact) mass is 399 g/mol. The van der Waals surface area contributed by atoms with Gasteiger partial charge in [-0.25, -0.2) is 8.70 Å². The number of nitrogens with zero attached hydrogens (tertiary/aromatic N) is 3. The SMILES string of the molecule is CC(=O)N1CC(=O)N(Cc2ccc(F)cc2)CC1CN1CCCCS1(O)O. The summed E-state index contributed by atoms with van der Waals surface area (Å²) < 4.78 is 35.4. The summed E-state index contributed by atoms with van der Waals surface area (Å²) >= 11 is 0. The van der Waals surface area contributed by atoms with Crippen LogP contribution < -0.4 is 0 Å². The number of hydrogen-bond acceptors (Lipinski definition) is 5. The summed E-state index contributed by atoms with van der Waals surface area (Å²) in [7, 11) is -2.82. The van der Waals surface area contributed by atoms with Crippen molar-refractivity contribution in [2.45, 2.75) is 32.4 Å². The van der Waals surface area contributed by atoms with E-state index in [9.17, 15) is 23.1 Å². The summed E-state index contributed by atoms with van der Waals surface area (Å²) in [6.07, 6.45) is 1.65. The van der Waals surface area contributed by atoms with Crippen LogP contribution in [0.2, 0.25) is 0 Å². The van der Waals surface area contributed by atoms with Gasteiger partial charge in [-0.05, 0) is 30.5 Å². The lowest BCUT2D eigenvalue weighted by atomic mass is 10.1. The van der Waals surface area contributed by atoms with Gasteiger partial charge in [0.05, 0.1) is 11.8 Å². The van der Waals surface area contributed by atoms with E-state index >= 15 is 0 Å². The molecule has 2 fully saturated rings. The molecule has 2 N–H and O–H groups in total. The third-order valence-electron chi connectivity index (χ3n) is 5.12. The van der Waals surface area contributed by atoms with Gasteiger partial charge in [-0.3, -0.25) is 18.7 Å². The Kier molecular flexibility index (Phi) is 6.05. The number of benzene rings is 1. The second-order valence-corrected chi connectivity index (χ2v) is 9.32. The Bertz CT molecular complexity index is 700. The molecule has 0 aliphatic carbocycles. The van der Waals surface area contributed by atoms with Crippen molar-refractivity contribution in [3.63, 3.8) is 0 Å². The van der Waals surface area contributed by atoms with E-state index in [0.717, 1.165) is 18.4 Å². The van der Waals surface area contributed by atoms with Gasteiger partial charge in [-0.15, -0.1) is 10.8 Å². The molecule has 2 aliphatic rings. The fraction of sp³-hybridized carbons (Fsp3) is 0.556. The van der Waals surface area contributed by atoms with Crippen molar-refractivity contribution in [3.8, 4) is 0 Å². The molecule has 0 bridgehead atoms. The van der Waals surface area contributed by atoms with Crippen LogP contribution >= 0.6 is 10.8 Å². The van der Waals surface area contributed by atoms with Gasteiger partial charge in [-0.2, -0.15) is 0 Å². The van der Waals surface area contributed by atoms with Gasteiger partial charge in [0, 0.05) is 33.1 Å². The molecule has 1 unspecified atom stereocenters. The van der Waals surface area contributed by atoms with Crippen molar-refractivity contribution in [2.75, 3.05) is 31.9 Å². The second kappa shape index (κ2) is 8.14. The summed E-state index contributed by atoms with van der Waals surface area (Å²) in [4.78, 5) is 27.7. The number of rotatable bonds is 4. The maximum absolute atomic E-state index is 13.1. The van der Waals surface area contributed by atoms with Gasteiger partial charge < -0.3 is 9.80 Å². The first kappa shape index (κ1) is 20.1. The number of carbonyl (C=O) groups excluding carboxylic acids is 2. The fourth-order valence-corrected chi connectivity index (χ4v) is 5.30. The van der Waals surface area contributed by atoms with Crippen molar-refractivity contribution in [1.29, 1.82) is 0 Å². The number of halogens is 1. The first-order valence-corrected chi connectivity index (χ1v) is 10.7.